The molecule has 1 rings (SSSR count). The number of aliphatic carboxylic acids is 1. The highest BCUT2D eigenvalue weighted by Gasteiger charge is 2.32. The van der Waals surface area contributed by atoms with Crippen molar-refractivity contribution in [2.24, 2.45) is 0 Å². The molecule has 1 aliphatic rings. The van der Waals surface area contributed by atoms with Gasteiger partial charge in [-0.2, -0.15) is 0 Å². The third-order valence-corrected chi connectivity index (χ3v) is 2.32. The van der Waals surface area contributed by atoms with E-state index < -0.39 is 12.0 Å². The second-order valence-corrected chi connectivity index (χ2v) is 4.07. The molecule has 0 saturated carbocycles. The maximum Gasteiger partial charge on any atom is 0.323 e. The molecule has 0 aliphatic carbocycles. The first-order valence-corrected chi connectivity index (χ1v) is 5.24. The summed E-state index contributed by atoms with van der Waals surface area (Å²) in [6.07, 6.45) is -0.212. The Morgan fingerprint density at radius 2 is 2.33 bits per heavy atom. The van der Waals surface area contributed by atoms with Gasteiger partial charge < -0.3 is 14.6 Å². The number of ether oxygens (including phenoxy) is 2. The summed E-state index contributed by atoms with van der Waals surface area (Å²) in [6, 6.07) is -0.611. The standard InChI is InChI=1S/C10H19NO4/c1-6(2)14-5-8-4-11-9(10(12)13)7(3)15-8/h6-9,11H,4-5H2,1-3H3,(H,12,13). The van der Waals surface area contributed by atoms with E-state index in [-0.39, 0.29) is 18.3 Å². The van der Waals surface area contributed by atoms with Crippen molar-refractivity contribution in [1.82, 2.24) is 5.32 Å². The fourth-order valence-corrected chi connectivity index (χ4v) is 1.54. The van der Waals surface area contributed by atoms with Crippen LogP contribution in [0.1, 0.15) is 20.8 Å². The van der Waals surface area contributed by atoms with Gasteiger partial charge in [0.15, 0.2) is 0 Å². The lowest BCUT2D eigenvalue weighted by Crippen LogP contribution is -2.56. The summed E-state index contributed by atoms with van der Waals surface area (Å²) >= 11 is 0. The largest absolute Gasteiger partial charge is 0.480 e. The van der Waals surface area contributed by atoms with Gasteiger partial charge in [-0.05, 0) is 20.8 Å². The molecule has 0 aromatic heterocycles. The normalized spacial score (nSPS) is 31.9. The van der Waals surface area contributed by atoms with Gasteiger partial charge in [-0.1, -0.05) is 0 Å². The first-order chi connectivity index (χ1) is 7.00. The number of nitrogens with one attached hydrogen (secondary N) is 1. The van der Waals surface area contributed by atoms with Crippen molar-refractivity contribution in [3.63, 3.8) is 0 Å². The molecular weight excluding hydrogens is 198 g/mol. The van der Waals surface area contributed by atoms with Gasteiger partial charge >= 0.3 is 5.97 Å². The molecule has 1 saturated heterocycles. The van der Waals surface area contributed by atoms with E-state index >= 15 is 0 Å². The second-order valence-electron chi connectivity index (χ2n) is 4.07. The molecule has 5 heteroatoms. The number of rotatable bonds is 4. The molecule has 15 heavy (non-hydrogen) atoms. The van der Waals surface area contributed by atoms with Crippen LogP contribution in [0.15, 0.2) is 0 Å². The topological polar surface area (TPSA) is 67.8 Å². The van der Waals surface area contributed by atoms with E-state index in [4.69, 9.17) is 14.6 Å². The number of carboxylic acid groups (broad SMARTS) is 1. The fourth-order valence-electron chi connectivity index (χ4n) is 1.54. The minimum Gasteiger partial charge on any atom is -0.480 e. The molecule has 0 bridgehead atoms. The van der Waals surface area contributed by atoms with Crippen LogP contribution in [0.25, 0.3) is 0 Å². The Hall–Kier alpha value is -0.650. The van der Waals surface area contributed by atoms with Crippen LogP contribution in [0.2, 0.25) is 0 Å². The molecule has 0 spiro atoms. The summed E-state index contributed by atoms with van der Waals surface area (Å²) in [4.78, 5) is 10.8. The summed E-state index contributed by atoms with van der Waals surface area (Å²) in [6.45, 7) is 6.70. The summed E-state index contributed by atoms with van der Waals surface area (Å²) in [5.74, 6) is -0.870. The van der Waals surface area contributed by atoms with E-state index in [1.807, 2.05) is 13.8 Å². The third-order valence-electron chi connectivity index (χ3n) is 2.32. The maximum absolute atomic E-state index is 10.8. The first-order valence-electron chi connectivity index (χ1n) is 5.24. The zero-order chi connectivity index (χ0) is 11.4. The average molecular weight is 217 g/mol. The number of carbonyl (C=O) groups is 1. The highest BCUT2D eigenvalue weighted by atomic mass is 16.5. The molecule has 3 unspecified atom stereocenters. The molecule has 0 amide bonds. The van der Waals surface area contributed by atoms with Crippen LogP contribution < -0.4 is 5.32 Å². The maximum atomic E-state index is 10.8. The molecule has 1 aliphatic heterocycles. The monoisotopic (exact) mass is 217 g/mol. The molecule has 1 fully saturated rings. The third kappa shape index (κ3) is 3.77. The van der Waals surface area contributed by atoms with Crippen molar-refractivity contribution in [2.75, 3.05) is 13.2 Å². The Balaban J connectivity index is 2.34. The van der Waals surface area contributed by atoms with Crippen molar-refractivity contribution >= 4 is 5.97 Å². The SMILES string of the molecule is CC(C)OCC1CNC(C(=O)O)C(C)O1. The zero-order valence-corrected chi connectivity index (χ0v) is 9.40. The Morgan fingerprint density at radius 3 is 2.80 bits per heavy atom. The molecule has 0 aromatic carbocycles. The van der Waals surface area contributed by atoms with Gasteiger partial charge in [0.05, 0.1) is 24.9 Å². The lowest BCUT2D eigenvalue weighted by molar-refractivity contribution is -0.152. The lowest BCUT2D eigenvalue weighted by Gasteiger charge is -2.33. The van der Waals surface area contributed by atoms with Gasteiger partial charge in [0, 0.05) is 6.54 Å². The Labute approximate surface area is 89.8 Å². The summed E-state index contributed by atoms with van der Waals surface area (Å²) in [5.41, 5.74) is 0. The predicted octanol–water partition coefficient (Wildman–Crippen LogP) is 0.242. The molecule has 2 N–H and O–H groups in total. The Morgan fingerprint density at radius 1 is 1.67 bits per heavy atom. The van der Waals surface area contributed by atoms with Gasteiger partial charge in [0.2, 0.25) is 0 Å². The van der Waals surface area contributed by atoms with Crippen molar-refractivity contribution in [2.45, 2.75) is 45.1 Å². The van der Waals surface area contributed by atoms with Crippen molar-refractivity contribution < 1.29 is 19.4 Å². The van der Waals surface area contributed by atoms with Crippen LogP contribution in [0.3, 0.4) is 0 Å². The van der Waals surface area contributed by atoms with E-state index in [2.05, 4.69) is 5.32 Å². The van der Waals surface area contributed by atoms with Crippen molar-refractivity contribution in [3.8, 4) is 0 Å². The Kier molecular flexibility index (Phi) is 4.50. The van der Waals surface area contributed by atoms with Crippen molar-refractivity contribution in [3.05, 3.63) is 0 Å². The smallest absolute Gasteiger partial charge is 0.323 e. The van der Waals surface area contributed by atoms with E-state index in [9.17, 15) is 4.79 Å². The molecule has 1 heterocycles. The van der Waals surface area contributed by atoms with Gasteiger partial charge in [-0.15, -0.1) is 0 Å². The number of carboxylic acids is 1. The molecule has 0 radical (unpaired) electrons. The predicted molar refractivity (Wildman–Crippen MR) is 54.8 cm³/mol. The quantitative estimate of drug-likeness (QED) is 0.706. The van der Waals surface area contributed by atoms with Crippen molar-refractivity contribution in [1.29, 1.82) is 0 Å². The van der Waals surface area contributed by atoms with Gasteiger partial charge in [-0.3, -0.25) is 10.1 Å². The average Bonchev–Trinajstić information content (AvgIpc) is 2.14. The Bertz CT molecular complexity index is 219. The zero-order valence-electron chi connectivity index (χ0n) is 9.40. The van der Waals surface area contributed by atoms with Crippen LogP contribution in [-0.4, -0.2) is 48.6 Å². The highest BCUT2D eigenvalue weighted by Crippen LogP contribution is 2.10. The molecule has 3 atom stereocenters. The molecule has 0 aromatic rings. The van der Waals surface area contributed by atoms with Crippen LogP contribution in [-0.2, 0) is 14.3 Å². The van der Waals surface area contributed by atoms with E-state index in [0.717, 1.165) is 0 Å². The van der Waals surface area contributed by atoms with E-state index in [1.165, 1.54) is 0 Å². The second kappa shape index (κ2) is 5.44. The summed E-state index contributed by atoms with van der Waals surface area (Å²) in [7, 11) is 0. The summed E-state index contributed by atoms with van der Waals surface area (Å²) < 4.78 is 11.0. The fraction of sp³-hybridized carbons (Fsp3) is 0.900. The summed E-state index contributed by atoms with van der Waals surface area (Å²) in [5, 5.41) is 11.8. The van der Waals surface area contributed by atoms with E-state index in [1.54, 1.807) is 6.92 Å². The van der Waals surface area contributed by atoms with E-state index in [0.29, 0.717) is 13.2 Å². The van der Waals surface area contributed by atoms with Crippen LogP contribution in [0, 0.1) is 0 Å². The van der Waals surface area contributed by atoms with Crippen LogP contribution in [0.5, 0.6) is 0 Å². The number of hydrogen-bond donors (Lipinski definition) is 2. The lowest BCUT2D eigenvalue weighted by atomic mass is 10.1. The van der Waals surface area contributed by atoms with Crippen LogP contribution >= 0.6 is 0 Å². The van der Waals surface area contributed by atoms with Gasteiger partial charge in [-0.25, -0.2) is 0 Å². The molecule has 88 valence electrons. The van der Waals surface area contributed by atoms with Crippen LogP contribution in [0.4, 0.5) is 0 Å². The highest BCUT2D eigenvalue weighted by molar-refractivity contribution is 5.74. The number of hydrogen-bond acceptors (Lipinski definition) is 4. The minimum absolute atomic E-state index is 0.0574. The minimum atomic E-state index is -0.870. The number of morpholine rings is 1. The van der Waals surface area contributed by atoms with Gasteiger partial charge in [0.25, 0.3) is 0 Å². The molecular formula is C10H19NO4. The molecule has 5 nitrogen and oxygen atoms in total. The van der Waals surface area contributed by atoms with Gasteiger partial charge in [0.1, 0.15) is 6.04 Å². The first kappa shape index (κ1) is 12.4.